The molecule has 0 bridgehead atoms. The summed E-state index contributed by atoms with van der Waals surface area (Å²) in [5, 5.41) is 2.95. The van der Waals surface area contributed by atoms with Crippen molar-refractivity contribution >= 4 is 27.5 Å². The first-order chi connectivity index (χ1) is 10.1. The van der Waals surface area contributed by atoms with Crippen molar-refractivity contribution in [2.75, 3.05) is 18.5 Å². The van der Waals surface area contributed by atoms with Gasteiger partial charge in [-0.3, -0.25) is 4.79 Å². The average Bonchev–Trinajstić information content (AvgIpc) is 2.43. The maximum absolute atomic E-state index is 13.7. The highest BCUT2D eigenvalue weighted by molar-refractivity contribution is 9.10. The van der Waals surface area contributed by atoms with Gasteiger partial charge in [-0.1, -0.05) is 34.1 Å². The van der Waals surface area contributed by atoms with E-state index in [1.165, 1.54) is 6.07 Å². The molecule has 0 aromatic heterocycles. The molecule has 6 heteroatoms. The quantitative estimate of drug-likeness (QED) is 0.784. The summed E-state index contributed by atoms with van der Waals surface area (Å²) < 4.78 is 19.8. The molecule has 1 amide bonds. The van der Waals surface area contributed by atoms with Gasteiger partial charge in [-0.25, -0.2) is 4.39 Å². The fraction of sp³-hybridized carbons (Fsp3) is 0.133. The predicted molar refractivity (Wildman–Crippen MR) is 83.0 cm³/mol. The molecular formula is C15H14BrFN2O2. The van der Waals surface area contributed by atoms with Crippen molar-refractivity contribution in [1.82, 2.24) is 0 Å². The smallest absolute Gasteiger partial charge is 0.253 e. The zero-order chi connectivity index (χ0) is 15.2. The summed E-state index contributed by atoms with van der Waals surface area (Å²) in [4.78, 5) is 11.3. The van der Waals surface area contributed by atoms with Crippen molar-refractivity contribution in [2.24, 2.45) is 5.73 Å². The number of rotatable bonds is 6. The molecule has 0 aliphatic heterocycles. The molecule has 0 aliphatic rings. The van der Waals surface area contributed by atoms with Crippen LogP contribution in [0.25, 0.3) is 0 Å². The van der Waals surface area contributed by atoms with Gasteiger partial charge in [0.1, 0.15) is 18.2 Å². The van der Waals surface area contributed by atoms with Gasteiger partial charge in [-0.15, -0.1) is 0 Å². The number of amides is 1. The standard InChI is InChI=1S/C15H14BrFN2O2/c16-10-8-12(17)14(15(18)20)13(9-10)19-6-7-21-11-4-2-1-3-5-11/h1-5,8-9,19H,6-7H2,(H2,18,20). The number of benzene rings is 2. The Bertz CT molecular complexity index is 635. The number of nitrogens with one attached hydrogen (secondary N) is 1. The van der Waals surface area contributed by atoms with Crippen LogP contribution < -0.4 is 15.8 Å². The molecule has 0 heterocycles. The molecule has 4 nitrogen and oxygen atoms in total. The number of primary amides is 1. The van der Waals surface area contributed by atoms with E-state index in [1.807, 2.05) is 30.3 Å². The van der Waals surface area contributed by atoms with Gasteiger partial charge >= 0.3 is 0 Å². The highest BCUT2D eigenvalue weighted by atomic mass is 79.9. The van der Waals surface area contributed by atoms with E-state index in [0.29, 0.717) is 23.3 Å². The summed E-state index contributed by atoms with van der Waals surface area (Å²) in [7, 11) is 0. The Balaban J connectivity index is 1.98. The van der Waals surface area contributed by atoms with Crippen LogP contribution in [0, 0.1) is 5.82 Å². The van der Waals surface area contributed by atoms with Gasteiger partial charge in [0, 0.05) is 11.0 Å². The number of carbonyl (C=O) groups excluding carboxylic acids is 1. The Morgan fingerprint density at radius 3 is 2.67 bits per heavy atom. The number of anilines is 1. The zero-order valence-electron chi connectivity index (χ0n) is 11.1. The Kier molecular flexibility index (Phi) is 5.16. The lowest BCUT2D eigenvalue weighted by molar-refractivity contribution is 0.0997. The van der Waals surface area contributed by atoms with E-state index in [4.69, 9.17) is 10.5 Å². The zero-order valence-corrected chi connectivity index (χ0v) is 12.7. The van der Waals surface area contributed by atoms with E-state index in [2.05, 4.69) is 21.2 Å². The Hall–Kier alpha value is -2.08. The lowest BCUT2D eigenvalue weighted by atomic mass is 10.1. The molecule has 2 aromatic carbocycles. The number of para-hydroxylation sites is 1. The van der Waals surface area contributed by atoms with Gasteiger partial charge in [0.05, 0.1) is 11.3 Å². The van der Waals surface area contributed by atoms with Crippen LogP contribution in [-0.4, -0.2) is 19.1 Å². The summed E-state index contributed by atoms with van der Waals surface area (Å²) in [6.45, 7) is 0.779. The number of ether oxygens (including phenoxy) is 1. The second-order valence-electron chi connectivity index (χ2n) is 4.26. The van der Waals surface area contributed by atoms with E-state index in [0.717, 1.165) is 5.75 Å². The van der Waals surface area contributed by atoms with Crippen molar-refractivity contribution < 1.29 is 13.9 Å². The van der Waals surface area contributed by atoms with E-state index in [1.54, 1.807) is 6.07 Å². The molecular weight excluding hydrogens is 339 g/mol. The van der Waals surface area contributed by atoms with E-state index in [-0.39, 0.29) is 5.56 Å². The summed E-state index contributed by atoms with van der Waals surface area (Å²) in [6, 6.07) is 12.1. The van der Waals surface area contributed by atoms with Crippen molar-refractivity contribution in [1.29, 1.82) is 0 Å². The summed E-state index contributed by atoms with van der Waals surface area (Å²) in [5.41, 5.74) is 5.38. The first-order valence-electron chi connectivity index (χ1n) is 6.28. The van der Waals surface area contributed by atoms with Gasteiger partial charge in [0.25, 0.3) is 5.91 Å². The number of carbonyl (C=O) groups is 1. The third kappa shape index (κ3) is 4.19. The molecule has 0 saturated carbocycles. The molecule has 0 saturated heterocycles. The maximum Gasteiger partial charge on any atom is 0.253 e. The molecule has 0 unspecified atom stereocenters. The largest absolute Gasteiger partial charge is 0.492 e. The minimum atomic E-state index is -0.813. The van der Waals surface area contributed by atoms with Crippen LogP contribution in [0.1, 0.15) is 10.4 Å². The number of halogens is 2. The molecule has 0 aliphatic carbocycles. The SMILES string of the molecule is NC(=O)c1c(F)cc(Br)cc1NCCOc1ccccc1. The van der Waals surface area contributed by atoms with Crippen molar-refractivity contribution in [3.05, 3.63) is 58.3 Å². The number of nitrogens with two attached hydrogens (primary N) is 1. The first kappa shape index (κ1) is 15.3. The molecule has 21 heavy (non-hydrogen) atoms. The average molecular weight is 353 g/mol. The monoisotopic (exact) mass is 352 g/mol. The van der Waals surface area contributed by atoms with E-state index < -0.39 is 11.7 Å². The maximum atomic E-state index is 13.7. The van der Waals surface area contributed by atoms with Crippen LogP contribution in [0.15, 0.2) is 46.9 Å². The molecule has 2 rings (SSSR count). The minimum absolute atomic E-state index is 0.155. The van der Waals surface area contributed by atoms with Crippen molar-refractivity contribution in [3.8, 4) is 5.75 Å². The van der Waals surface area contributed by atoms with Gasteiger partial charge in [0.15, 0.2) is 0 Å². The highest BCUT2D eigenvalue weighted by Gasteiger charge is 2.15. The molecule has 0 radical (unpaired) electrons. The van der Waals surface area contributed by atoms with Crippen molar-refractivity contribution in [3.63, 3.8) is 0 Å². The van der Waals surface area contributed by atoms with E-state index in [9.17, 15) is 9.18 Å². The van der Waals surface area contributed by atoms with Gasteiger partial charge < -0.3 is 15.8 Å². The third-order valence-electron chi connectivity index (χ3n) is 2.73. The first-order valence-corrected chi connectivity index (χ1v) is 7.08. The summed E-state index contributed by atoms with van der Waals surface area (Å²) in [5.74, 6) is -0.732. The van der Waals surface area contributed by atoms with Crippen LogP contribution in [0.5, 0.6) is 5.75 Å². The predicted octanol–water partition coefficient (Wildman–Crippen LogP) is 3.18. The second kappa shape index (κ2) is 7.08. The summed E-state index contributed by atoms with van der Waals surface area (Å²) >= 11 is 3.18. The highest BCUT2D eigenvalue weighted by Crippen LogP contribution is 2.24. The van der Waals surface area contributed by atoms with Crippen LogP contribution in [0.3, 0.4) is 0 Å². The van der Waals surface area contributed by atoms with Crippen LogP contribution in [0.2, 0.25) is 0 Å². The Morgan fingerprint density at radius 2 is 2.00 bits per heavy atom. The van der Waals surface area contributed by atoms with E-state index >= 15 is 0 Å². The molecule has 3 N–H and O–H groups in total. The molecule has 0 spiro atoms. The summed E-state index contributed by atoms with van der Waals surface area (Å²) in [6.07, 6.45) is 0. The van der Waals surface area contributed by atoms with Gasteiger partial charge in [0.2, 0.25) is 0 Å². The topological polar surface area (TPSA) is 64.4 Å². The van der Waals surface area contributed by atoms with Crippen LogP contribution in [0.4, 0.5) is 10.1 Å². The number of hydrogen-bond acceptors (Lipinski definition) is 3. The molecule has 2 aromatic rings. The van der Waals surface area contributed by atoms with Gasteiger partial charge in [-0.2, -0.15) is 0 Å². The Labute approximate surface area is 130 Å². The van der Waals surface area contributed by atoms with Crippen LogP contribution >= 0.6 is 15.9 Å². The minimum Gasteiger partial charge on any atom is -0.492 e. The normalized spacial score (nSPS) is 10.2. The lowest BCUT2D eigenvalue weighted by Crippen LogP contribution is -2.19. The van der Waals surface area contributed by atoms with Gasteiger partial charge in [-0.05, 0) is 24.3 Å². The molecule has 0 fully saturated rings. The van der Waals surface area contributed by atoms with Crippen LogP contribution in [-0.2, 0) is 0 Å². The number of hydrogen-bond donors (Lipinski definition) is 2. The second-order valence-corrected chi connectivity index (χ2v) is 5.18. The lowest BCUT2D eigenvalue weighted by Gasteiger charge is -2.12. The third-order valence-corrected chi connectivity index (χ3v) is 3.19. The van der Waals surface area contributed by atoms with Crippen molar-refractivity contribution in [2.45, 2.75) is 0 Å². The molecule has 0 atom stereocenters. The molecule has 110 valence electrons. The fourth-order valence-electron chi connectivity index (χ4n) is 1.83. The Morgan fingerprint density at radius 1 is 1.29 bits per heavy atom. The fourth-order valence-corrected chi connectivity index (χ4v) is 2.26.